The number of aromatic nitrogens is 1. The number of halogens is 1. The van der Waals surface area contributed by atoms with E-state index in [1.54, 1.807) is 0 Å². The van der Waals surface area contributed by atoms with Crippen molar-refractivity contribution in [3.05, 3.63) is 46.3 Å². The Morgan fingerprint density at radius 1 is 1.40 bits per heavy atom. The van der Waals surface area contributed by atoms with Crippen LogP contribution in [0.15, 0.2) is 39.3 Å². The van der Waals surface area contributed by atoms with Crippen molar-refractivity contribution in [3.63, 3.8) is 0 Å². The molecule has 2 aromatic rings. The number of hydrogen-bond donors (Lipinski definition) is 2. The summed E-state index contributed by atoms with van der Waals surface area (Å²) in [6.07, 6.45) is -0.581. The summed E-state index contributed by atoms with van der Waals surface area (Å²) in [5, 5.41) is 16.7. The highest BCUT2D eigenvalue weighted by Crippen LogP contribution is 2.16. The molecule has 0 aliphatic rings. The van der Waals surface area contributed by atoms with E-state index in [0.29, 0.717) is 13.1 Å². The fourth-order valence-electron chi connectivity index (χ4n) is 1.64. The zero-order valence-corrected chi connectivity index (χ0v) is 12.8. The molecule has 0 saturated carbocycles. The van der Waals surface area contributed by atoms with Crippen molar-refractivity contribution in [2.45, 2.75) is 19.6 Å². The van der Waals surface area contributed by atoms with Gasteiger partial charge < -0.3 is 19.7 Å². The summed E-state index contributed by atoms with van der Waals surface area (Å²) in [6.45, 7) is 3.07. The zero-order chi connectivity index (χ0) is 14.4. The van der Waals surface area contributed by atoms with E-state index in [9.17, 15) is 5.11 Å². The van der Waals surface area contributed by atoms with Gasteiger partial charge in [0.2, 0.25) is 0 Å². The molecule has 5 nitrogen and oxygen atoms in total. The molecule has 0 fully saturated rings. The van der Waals surface area contributed by atoms with E-state index in [4.69, 9.17) is 9.26 Å². The second kappa shape index (κ2) is 7.42. The monoisotopic (exact) mass is 340 g/mol. The number of benzene rings is 1. The molecule has 1 atom stereocenters. The van der Waals surface area contributed by atoms with Crippen molar-refractivity contribution >= 4 is 15.9 Å². The van der Waals surface area contributed by atoms with Gasteiger partial charge in [0, 0.05) is 17.1 Å². The highest BCUT2D eigenvalue weighted by atomic mass is 79.9. The molecule has 1 aromatic carbocycles. The maximum Gasteiger partial charge on any atom is 0.150 e. The fraction of sp³-hybridized carbons (Fsp3) is 0.357. The lowest BCUT2D eigenvalue weighted by Crippen LogP contribution is -2.31. The number of aliphatic hydroxyl groups is 1. The van der Waals surface area contributed by atoms with E-state index >= 15 is 0 Å². The molecule has 1 heterocycles. The summed E-state index contributed by atoms with van der Waals surface area (Å²) in [4.78, 5) is 0. The minimum atomic E-state index is -0.581. The van der Waals surface area contributed by atoms with Gasteiger partial charge in [0.1, 0.15) is 18.5 Å². The summed E-state index contributed by atoms with van der Waals surface area (Å²) in [5.41, 5.74) is 0.848. The third kappa shape index (κ3) is 4.96. The number of nitrogens with one attached hydrogen (secondary N) is 1. The largest absolute Gasteiger partial charge is 0.491 e. The average Bonchev–Trinajstić information content (AvgIpc) is 2.84. The molecule has 6 heteroatoms. The van der Waals surface area contributed by atoms with Crippen molar-refractivity contribution in [1.29, 1.82) is 0 Å². The molecule has 1 aromatic heterocycles. The first-order valence-electron chi connectivity index (χ1n) is 6.33. The number of hydrogen-bond acceptors (Lipinski definition) is 5. The first kappa shape index (κ1) is 15.0. The number of aliphatic hydroxyl groups excluding tert-OH is 1. The van der Waals surface area contributed by atoms with Gasteiger partial charge in [-0.3, -0.25) is 0 Å². The van der Waals surface area contributed by atoms with Crippen LogP contribution in [0.3, 0.4) is 0 Å². The molecule has 0 radical (unpaired) electrons. The first-order valence-corrected chi connectivity index (χ1v) is 7.12. The summed E-state index contributed by atoms with van der Waals surface area (Å²) >= 11 is 3.35. The van der Waals surface area contributed by atoms with Gasteiger partial charge in [0.05, 0.1) is 12.2 Å². The van der Waals surface area contributed by atoms with Gasteiger partial charge in [-0.2, -0.15) is 0 Å². The fourth-order valence-corrected chi connectivity index (χ4v) is 1.91. The van der Waals surface area contributed by atoms with Gasteiger partial charge in [0.15, 0.2) is 5.76 Å². The lowest BCUT2D eigenvalue weighted by Gasteiger charge is -2.12. The van der Waals surface area contributed by atoms with E-state index in [0.717, 1.165) is 21.7 Å². The maximum atomic E-state index is 9.81. The molecule has 0 bridgehead atoms. The molecule has 2 rings (SSSR count). The molecule has 1 unspecified atom stereocenters. The van der Waals surface area contributed by atoms with Gasteiger partial charge in [-0.15, -0.1) is 0 Å². The highest BCUT2D eigenvalue weighted by Gasteiger charge is 2.06. The topological polar surface area (TPSA) is 67.5 Å². The van der Waals surface area contributed by atoms with Crippen LogP contribution in [0.2, 0.25) is 0 Å². The van der Waals surface area contributed by atoms with Gasteiger partial charge in [0.25, 0.3) is 0 Å². The van der Waals surface area contributed by atoms with E-state index in [-0.39, 0.29) is 6.61 Å². The highest BCUT2D eigenvalue weighted by molar-refractivity contribution is 9.10. The minimum absolute atomic E-state index is 0.240. The normalized spacial score (nSPS) is 12.3. The Morgan fingerprint density at radius 2 is 2.15 bits per heavy atom. The van der Waals surface area contributed by atoms with Gasteiger partial charge >= 0.3 is 0 Å². The summed E-state index contributed by atoms with van der Waals surface area (Å²) in [7, 11) is 0. The van der Waals surface area contributed by atoms with Gasteiger partial charge in [-0.25, -0.2) is 0 Å². The molecule has 0 saturated heterocycles. The predicted octanol–water partition coefficient (Wildman–Crippen LogP) is 2.28. The van der Waals surface area contributed by atoms with E-state index in [1.165, 1.54) is 0 Å². The van der Waals surface area contributed by atoms with Crippen LogP contribution in [0.4, 0.5) is 0 Å². The van der Waals surface area contributed by atoms with Crippen LogP contribution >= 0.6 is 15.9 Å². The number of rotatable bonds is 7. The molecule has 0 spiro atoms. The summed E-state index contributed by atoms with van der Waals surface area (Å²) < 4.78 is 11.5. The molecular formula is C14H17BrN2O3. The Morgan fingerprint density at radius 3 is 2.80 bits per heavy atom. The maximum absolute atomic E-state index is 9.81. The number of aryl methyl sites for hydroxylation is 1. The standard InChI is InChI=1S/C14H17BrN2O3/c1-10-6-14(20-17-10)8-16-7-12(18)9-19-13-4-2-11(15)3-5-13/h2-6,12,16,18H,7-9H2,1H3. The third-order valence-electron chi connectivity index (χ3n) is 2.61. The number of ether oxygens (including phenoxy) is 1. The van der Waals surface area contributed by atoms with Crippen molar-refractivity contribution in [1.82, 2.24) is 10.5 Å². The van der Waals surface area contributed by atoms with Crippen LogP contribution in [0.5, 0.6) is 5.75 Å². The molecular weight excluding hydrogens is 324 g/mol. The summed E-state index contributed by atoms with van der Waals surface area (Å²) in [5.74, 6) is 1.49. The average molecular weight is 341 g/mol. The van der Waals surface area contributed by atoms with Crippen molar-refractivity contribution in [2.75, 3.05) is 13.2 Å². The van der Waals surface area contributed by atoms with Crippen LogP contribution in [0.1, 0.15) is 11.5 Å². The lowest BCUT2D eigenvalue weighted by molar-refractivity contribution is 0.105. The Labute approximate surface area is 126 Å². The SMILES string of the molecule is Cc1cc(CNCC(O)COc2ccc(Br)cc2)on1. The van der Waals surface area contributed by atoms with Gasteiger partial charge in [-0.1, -0.05) is 21.1 Å². The first-order chi connectivity index (χ1) is 9.63. The van der Waals surface area contributed by atoms with Crippen LogP contribution in [-0.4, -0.2) is 29.5 Å². The van der Waals surface area contributed by atoms with Crippen LogP contribution in [0.25, 0.3) is 0 Å². The van der Waals surface area contributed by atoms with Crippen LogP contribution in [0, 0.1) is 6.92 Å². The molecule has 0 amide bonds. The Bertz CT molecular complexity index is 527. The van der Waals surface area contributed by atoms with Gasteiger partial charge in [-0.05, 0) is 31.2 Å². The number of nitrogens with zero attached hydrogens (tertiary/aromatic N) is 1. The predicted molar refractivity (Wildman–Crippen MR) is 78.6 cm³/mol. The van der Waals surface area contributed by atoms with E-state index in [2.05, 4.69) is 26.4 Å². The molecule has 108 valence electrons. The Kier molecular flexibility index (Phi) is 5.58. The molecule has 2 N–H and O–H groups in total. The quantitative estimate of drug-likeness (QED) is 0.809. The second-order valence-corrected chi connectivity index (χ2v) is 5.40. The van der Waals surface area contributed by atoms with Crippen molar-refractivity contribution in [3.8, 4) is 5.75 Å². The zero-order valence-electron chi connectivity index (χ0n) is 11.2. The smallest absolute Gasteiger partial charge is 0.150 e. The second-order valence-electron chi connectivity index (χ2n) is 4.48. The van der Waals surface area contributed by atoms with E-state index < -0.39 is 6.10 Å². The Balaban J connectivity index is 1.65. The third-order valence-corrected chi connectivity index (χ3v) is 3.14. The molecule has 0 aliphatic heterocycles. The van der Waals surface area contributed by atoms with Crippen LogP contribution < -0.4 is 10.1 Å². The Hall–Kier alpha value is -1.37. The minimum Gasteiger partial charge on any atom is -0.491 e. The van der Waals surface area contributed by atoms with Crippen LogP contribution in [-0.2, 0) is 6.54 Å². The molecule has 20 heavy (non-hydrogen) atoms. The lowest BCUT2D eigenvalue weighted by atomic mass is 10.3. The summed E-state index contributed by atoms with van der Waals surface area (Å²) in [6, 6.07) is 9.35. The van der Waals surface area contributed by atoms with E-state index in [1.807, 2.05) is 37.3 Å². The van der Waals surface area contributed by atoms with Crippen molar-refractivity contribution < 1.29 is 14.4 Å². The van der Waals surface area contributed by atoms with Crippen molar-refractivity contribution in [2.24, 2.45) is 0 Å². The molecule has 0 aliphatic carbocycles.